The van der Waals surface area contributed by atoms with Crippen molar-refractivity contribution in [2.24, 2.45) is 0 Å². The maximum Gasteiger partial charge on any atom is 0.410 e. The van der Waals surface area contributed by atoms with Gasteiger partial charge in [-0.2, -0.15) is 18.3 Å². The summed E-state index contributed by atoms with van der Waals surface area (Å²) in [7, 11) is 4.56. The van der Waals surface area contributed by atoms with Crippen LogP contribution in [0.5, 0.6) is 17.2 Å². The van der Waals surface area contributed by atoms with Gasteiger partial charge in [-0.25, -0.2) is 4.68 Å². The van der Waals surface area contributed by atoms with E-state index < -0.39 is 18.3 Å². The number of hydrogen-bond acceptors (Lipinski definition) is 7. The van der Waals surface area contributed by atoms with E-state index >= 15 is 0 Å². The predicted molar refractivity (Wildman–Crippen MR) is 139 cm³/mol. The minimum atomic E-state index is -4.56. The zero-order valence-electron chi connectivity index (χ0n) is 21.9. The van der Waals surface area contributed by atoms with Crippen molar-refractivity contribution in [2.75, 3.05) is 57.7 Å². The zero-order valence-corrected chi connectivity index (χ0v) is 21.9. The average Bonchev–Trinajstić information content (AvgIpc) is 3.39. The van der Waals surface area contributed by atoms with Crippen LogP contribution in [0.4, 0.5) is 24.7 Å². The molecule has 1 fully saturated rings. The zero-order chi connectivity index (χ0) is 27.7. The van der Waals surface area contributed by atoms with Gasteiger partial charge in [0, 0.05) is 44.4 Å². The summed E-state index contributed by atoms with van der Waals surface area (Å²) >= 11 is 0. The molecule has 0 radical (unpaired) electrons. The van der Waals surface area contributed by atoms with Crippen LogP contribution in [-0.4, -0.2) is 74.3 Å². The second-order valence-electron chi connectivity index (χ2n) is 9.44. The number of rotatable bonds is 6. The van der Waals surface area contributed by atoms with Gasteiger partial charge in [0.25, 0.3) is 5.91 Å². The van der Waals surface area contributed by atoms with Crippen molar-refractivity contribution in [1.82, 2.24) is 14.7 Å². The van der Waals surface area contributed by atoms with Gasteiger partial charge in [0.1, 0.15) is 17.1 Å². The standard InChI is InChI=1S/C27H30F3N5O4/c1-37-19-6-4-5-18(14-19)33-9-11-34(12-10-33)26(36)20-16-31-35-24(27(28,29)30)15-21(32-25(20)35)17-7-8-22(38-2)23(13-17)39-3/h4-8,13-14,16,21,24,32H,9-12,15H2,1-3H3/t21-,24-/m1/s1. The molecule has 2 atom stereocenters. The summed E-state index contributed by atoms with van der Waals surface area (Å²) < 4.78 is 59.3. The molecule has 2 aromatic carbocycles. The maximum atomic E-state index is 14.2. The quantitative estimate of drug-likeness (QED) is 0.488. The number of ether oxygens (including phenoxy) is 3. The van der Waals surface area contributed by atoms with Crippen LogP contribution in [0, 0.1) is 0 Å². The molecule has 0 spiro atoms. The molecule has 208 valence electrons. The van der Waals surface area contributed by atoms with Crippen LogP contribution in [0.2, 0.25) is 0 Å². The molecule has 5 rings (SSSR count). The van der Waals surface area contributed by atoms with Crippen molar-refractivity contribution < 1.29 is 32.2 Å². The Morgan fingerprint density at radius 1 is 0.974 bits per heavy atom. The number of carbonyl (C=O) groups is 1. The molecule has 12 heteroatoms. The summed E-state index contributed by atoms with van der Waals surface area (Å²) in [6.07, 6.45) is -3.62. The van der Waals surface area contributed by atoms with Gasteiger partial charge in [-0.1, -0.05) is 12.1 Å². The number of benzene rings is 2. The molecule has 1 saturated heterocycles. The number of aromatic nitrogens is 2. The Hall–Kier alpha value is -4.09. The van der Waals surface area contributed by atoms with Crippen molar-refractivity contribution in [3.8, 4) is 17.2 Å². The van der Waals surface area contributed by atoms with Crippen LogP contribution < -0.4 is 24.4 Å². The first kappa shape index (κ1) is 26.5. The van der Waals surface area contributed by atoms with E-state index in [1.807, 2.05) is 24.3 Å². The van der Waals surface area contributed by atoms with Crippen LogP contribution in [0.3, 0.4) is 0 Å². The van der Waals surface area contributed by atoms with E-state index in [1.165, 1.54) is 20.4 Å². The lowest BCUT2D eigenvalue weighted by Gasteiger charge is -2.37. The first-order valence-electron chi connectivity index (χ1n) is 12.5. The van der Waals surface area contributed by atoms with Crippen molar-refractivity contribution in [2.45, 2.75) is 24.7 Å². The van der Waals surface area contributed by atoms with Gasteiger partial charge < -0.3 is 29.3 Å². The highest BCUT2D eigenvalue weighted by Gasteiger charge is 2.47. The molecule has 0 aliphatic carbocycles. The average molecular weight is 546 g/mol. The molecule has 0 bridgehead atoms. The van der Waals surface area contributed by atoms with Gasteiger partial charge in [-0.05, 0) is 29.8 Å². The van der Waals surface area contributed by atoms with E-state index in [0.29, 0.717) is 43.2 Å². The van der Waals surface area contributed by atoms with E-state index in [9.17, 15) is 18.0 Å². The molecule has 0 unspecified atom stereocenters. The fourth-order valence-electron chi connectivity index (χ4n) is 5.15. The normalized spacial score (nSPS) is 19.2. The van der Waals surface area contributed by atoms with Crippen LogP contribution in [-0.2, 0) is 0 Å². The van der Waals surface area contributed by atoms with Gasteiger partial charge >= 0.3 is 6.18 Å². The van der Waals surface area contributed by atoms with E-state index in [-0.39, 0.29) is 23.7 Å². The Morgan fingerprint density at radius 2 is 1.72 bits per heavy atom. The summed E-state index contributed by atoms with van der Waals surface area (Å²) in [6, 6.07) is 10.1. The lowest BCUT2D eigenvalue weighted by Crippen LogP contribution is -2.49. The number of halogens is 3. The highest BCUT2D eigenvalue weighted by Crippen LogP contribution is 2.45. The van der Waals surface area contributed by atoms with Gasteiger partial charge in [-0.3, -0.25) is 4.79 Å². The number of fused-ring (bicyclic) bond motifs is 1. The SMILES string of the molecule is COc1cccc(N2CCN(C(=O)c3cnn4c3N[C@@H](c3ccc(OC)c(OC)c3)C[C@@H]4C(F)(F)F)CC2)c1. The molecule has 2 aliphatic heterocycles. The lowest BCUT2D eigenvalue weighted by atomic mass is 9.96. The van der Waals surface area contributed by atoms with Gasteiger partial charge in [0.05, 0.1) is 33.6 Å². The van der Waals surface area contributed by atoms with Crippen LogP contribution in [0.15, 0.2) is 48.7 Å². The molecule has 39 heavy (non-hydrogen) atoms. The summed E-state index contributed by atoms with van der Waals surface area (Å²) in [5.74, 6) is 1.32. The first-order chi connectivity index (χ1) is 18.7. The number of methoxy groups -OCH3 is 3. The summed E-state index contributed by atoms with van der Waals surface area (Å²) in [6.45, 7) is 2.00. The van der Waals surface area contributed by atoms with E-state index in [1.54, 1.807) is 30.2 Å². The molecule has 1 aromatic heterocycles. The molecular weight excluding hydrogens is 515 g/mol. The topological polar surface area (TPSA) is 81.1 Å². The van der Waals surface area contributed by atoms with E-state index in [4.69, 9.17) is 14.2 Å². The third-order valence-corrected chi connectivity index (χ3v) is 7.26. The summed E-state index contributed by atoms with van der Waals surface area (Å²) in [5, 5.41) is 7.16. The monoisotopic (exact) mass is 545 g/mol. The number of hydrogen-bond donors (Lipinski definition) is 1. The summed E-state index contributed by atoms with van der Waals surface area (Å²) in [5.41, 5.74) is 1.68. The minimum absolute atomic E-state index is 0.0589. The van der Waals surface area contributed by atoms with E-state index in [0.717, 1.165) is 16.1 Å². The third-order valence-electron chi connectivity index (χ3n) is 7.26. The number of nitrogens with zero attached hydrogens (tertiary/aromatic N) is 4. The molecule has 0 saturated carbocycles. The van der Waals surface area contributed by atoms with Crippen LogP contribution in [0.25, 0.3) is 0 Å². The predicted octanol–water partition coefficient (Wildman–Crippen LogP) is 4.53. The number of alkyl halides is 3. The second kappa shape index (κ2) is 10.6. The van der Waals surface area contributed by atoms with Crippen molar-refractivity contribution in [3.63, 3.8) is 0 Å². The Kier molecular flexibility index (Phi) is 7.19. The maximum absolute atomic E-state index is 14.2. The highest BCUT2D eigenvalue weighted by atomic mass is 19.4. The molecule has 3 aromatic rings. The van der Waals surface area contributed by atoms with Crippen molar-refractivity contribution >= 4 is 17.4 Å². The highest BCUT2D eigenvalue weighted by molar-refractivity contribution is 5.99. The molecule has 3 heterocycles. The molecule has 2 aliphatic rings. The fraction of sp³-hybridized carbons (Fsp3) is 0.407. The molecular formula is C27H30F3N5O4. The van der Waals surface area contributed by atoms with Crippen molar-refractivity contribution in [3.05, 3.63) is 59.8 Å². The third kappa shape index (κ3) is 5.15. The fourth-order valence-corrected chi connectivity index (χ4v) is 5.15. The van der Waals surface area contributed by atoms with Gasteiger partial charge in [0.15, 0.2) is 17.5 Å². The number of carbonyl (C=O) groups excluding carboxylic acids is 1. The first-order valence-corrected chi connectivity index (χ1v) is 12.5. The number of nitrogens with one attached hydrogen (secondary N) is 1. The molecule has 1 N–H and O–H groups in total. The Balaban J connectivity index is 1.38. The Morgan fingerprint density at radius 3 is 2.38 bits per heavy atom. The summed E-state index contributed by atoms with van der Waals surface area (Å²) in [4.78, 5) is 17.3. The lowest BCUT2D eigenvalue weighted by molar-refractivity contribution is -0.173. The molecule has 1 amide bonds. The van der Waals surface area contributed by atoms with Gasteiger partial charge in [-0.15, -0.1) is 0 Å². The second-order valence-corrected chi connectivity index (χ2v) is 9.44. The van der Waals surface area contributed by atoms with Gasteiger partial charge in [0.2, 0.25) is 0 Å². The minimum Gasteiger partial charge on any atom is -0.497 e. The largest absolute Gasteiger partial charge is 0.497 e. The van der Waals surface area contributed by atoms with E-state index in [2.05, 4.69) is 15.3 Å². The number of amides is 1. The van der Waals surface area contributed by atoms with Crippen molar-refractivity contribution in [1.29, 1.82) is 0 Å². The number of anilines is 2. The van der Waals surface area contributed by atoms with Crippen LogP contribution >= 0.6 is 0 Å². The van der Waals surface area contributed by atoms with Crippen LogP contribution in [0.1, 0.15) is 34.4 Å². The Bertz CT molecular complexity index is 1340. The number of piperazine rings is 1. The smallest absolute Gasteiger partial charge is 0.410 e. The molecule has 9 nitrogen and oxygen atoms in total. The Labute approximate surface area is 224 Å².